The molecule has 234 valence electrons. The summed E-state index contributed by atoms with van der Waals surface area (Å²) in [6, 6.07) is 31.5. The number of hydrogen-bond donors (Lipinski definition) is 5. The van der Waals surface area contributed by atoms with Gasteiger partial charge in [0.15, 0.2) is 0 Å². The summed E-state index contributed by atoms with van der Waals surface area (Å²) in [5.41, 5.74) is 30.3. The molecule has 0 atom stereocenters. The Labute approximate surface area is 272 Å². The second-order valence-electron chi connectivity index (χ2n) is 10.5. The third kappa shape index (κ3) is 8.46. The first-order valence-corrected chi connectivity index (χ1v) is 15.5. The number of nitrogens with zero attached hydrogens (tertiary/aromatic N) is 1. The summed E-state index contributed by atoms with van der Waals surface area (Å²) in [4.78, 5) is 0. The molecule has 0 unspecified atom stereocenters. The van der Waals surface area contributed by atoms with Gasteiger partial charge in [-0.2, -0.15) is 0 Å². The Morgan fingerprint density at radius 3 is 2.17 bits per heavy atom. The van der Waals surface area contributed by atoms with Crippen LogP contribution in [0.3, 0.4) is 0 Å². The molecule has 5 rings (SSSR count). The highest BCUT2D eigenvalue weighted by Gasteiger charge is 2.17. The number of rotatable bonds is 12. The number of aromatic nitrogens is 1. The summed E-state index contributed by atoms with van der Waals surface area (Å²) in [7, 11) is 0. The summed E-state index contributed by atoms with van der Waals surface area (Å²) < 4.78 is 2.32. The molecule has 1 heterocycles. The Morgan fingerprint density at radius 2 is 1.46 bits per heavy atom. The van der Waals surface area contributed by atoms with E-state index in [0.717, 1.165) is 64.2 Å². The van der Waals surface area contributed by atoms with Gasteiger partial charge in [-0.15, -0.1) is 0 Å². The van der Waals surface area contributed by atoms with Gasteiger partial charge in [-0.3, -0.25) is 0 Å². The van der Waals surface area contributed by atoms with E-state index in [-0.39, 0.29) is 0 Å². The first kappa shape index (κ1) is 33.2. The molecule has 0 fully saturated rings. The highest BCUT2D eigenvalue weighted by atomic mass is 15.0. The van der Waals surface area contributed by atoms with Crippen LogP contribution in [0.2, 0.25) is 0 Å². The Kier molecular flexibility index (Phi) is 12.7. The molecule has 0 aliphatic rings. The lowest BCUT2D eigenvalue weighted by molar-refractivity contribution is 1.01. The zero-order chi connectivity index (χ0) is 32.6. The van der Waals surface area contributed by atoms with Gasteiger partial charge >= 0.3 is 0 Å². The van der Waals surface area contributed by atoms with Crippen molar-refractivity contribution in [3.63, 3.8) is 0 Å². The van der Waals surface area contributed by atoms with Crippen LogP contribution in [0, 0.1) is 0 Å². The number of nitrogens with two attached hydrogens (primary N) is 4. The van der Waals surface area contributed by atoms with Crippen molar-refractivity contribution < 1.29 is 0 Å². The molecule has 0 saturated heterocycles. The van der Waals surface area contributed by atoms with Crippen LogP contribution in [0.25, 0.3) is 39.3 Å². The number of benzene rings is 4. The van der Waals surface area contributed by atoms with Crippen molar-refractivity contribution in [1.29, 1.82) is 0 Å². The van der Waals surface area contributed by atoms with E-state index >= 15 is 0 Å². The van der Waals surface area contributed by atoms with Crippen molar-refractivity contribution in [2.24, 2.45) is 22.9 Å². The van der Waals surface area contributed by atoms with Gasteiger partial charge in [-0.05, 0) is 92.3 Å². The first-order valence-electron chi connectivity index (χ1n) is 15.5. The van der Waals surface area contributed by atoms with Gasteiger partial charge < -0.3 is 32.8 Å². The summed E-state index contributed by atoms with van der Waals surface area (Å²) in [5.74, 6) is 0. The average molecular weight is 609 g/mol. The van der Waals surface area contributed by atoms with Gasteiger partial charge in [0.25, 0.3) is 0 Å². The number of unbranched alkanes of at least 4 members (excludes halogenated alkanes) is 1. The van der Waals surface area contributed by atoms with E-state index in [1.807, 2.05) is 48.6 Å². The molecule has 46 heavy (non-hydrogen) atoms. The molecule has 4 aromatic carbocycles. The highest BCUT2D eigenvalue weighted by molar-refractivity contribution is 6.13. The third-order valence-electron chi connectivity index (χ3n) is 7.32. The molecule has 5 aromatic rings. The molecule has 6 heteroatoms. The van der Waals surface area contributed by atoms with Crippen molar-refractivity contribution in [3.05, 3.63) is 164 Å². The molecule has 0 aliphatic heterocycles. The van der Waals surface area contributed by atoms with Crippen LogP contribution in [-0.2, 0) is 0 Å². The Bertz CT molecular complexity index is 1870. The minimum absolute atomic E-state index is 0.703. The predicted octanol–water partition coefficient (Wildman–Crippen LogP) is 8.64. The number of allylic oxidation sites excluding steroid dienone is 6. The van der Waals surface area contributed by atoms with Gasteiger partial charge in [0, 0.05) is 39.1 Å². The average Bonchev–Trinajstić information content (AvgIpc) is 3.43. The van der Waals surface area contributed by atoms with E-state index in [1.165, 1.54) is 23.2 Å². The van der Waals surface area contributed by atoms with Gasteiger partial charge in [0.2, 0.25) is 0 Å². The SMILES string of the molecule is C=Cc1c(Nc2ccccc2)ccc2c3ccccc3n(-c3cccc(/C(N)=C/CC/C=C\C=C/N)c3)c12.N/C=C\C=C/CCN. The third-order valence-corrected chi connectivity index (χ3v) is 7.32. The molecule has 0 saturated carbocycles. The van der Waals surface area contributed by atoms with Crippen molar-refractivity contribution in [2.45, 2.75) is 19.3 Å². The van der Waals surface area contributed by atoms with Crippen LogP contribution in [-0.4, -0.2) is 11.1 Å². The molecular weight excluding hydrogens is 564 g/mol. The van der Waals surface area contributed by atoms with Crippen LogP contribution in [0.4, 0.5) is 11.4 Å². The Balaban J connectivity index is 0.000000533. The lowest BCUT2D eigenvalue weighted by Gasteiger charge is -2.15. The molecule has 0 aliphatic carbocycles. The second-order valence-corrected chi connectivity index (χ2v) is 10.5. The van der Waals surface area contributed by atoms with E-state index in [9.17, 15) is 0 Å². The summed E-state index contributed by atoms with van der Waals surface area (Å²) in [5, 5.41) is 5.96. The van der Waals surface area contributed by atoms with Gasteiger partial charge in [0.05, 0.1) is 11.0 Å². The van der Waals surface area contributed by atoms with Crippen LogP contribution in [0.1, 0.15) is 30.4 Å². The van der Waals surface area contributed by atoms with E-state index in [4.69, 9.17) is 22.9 Å². The standard InChI is InChI=1S/C34H32N4.C6H12N2/c1-2-28-32(37-26-15-7-6-8-16-26)22-21-30-29-18-10-11-20-33(29)38(34(28)30)27-17-13-14-25(24-27)31(36)19-9-4-3-5-12-23-35;7-5-3-1-2-4-6-8/h2-3,5-8,10-24,37H,1,4,9,35-36H2;1-3,5H,4,6-8H2/b5-3-,23-12-,31-19-;2-1-,5-3-. The molecular formula is C40H44N6. The van der Waals surface area contributed by atoms with Gasteiger partial charge in [-0.1, -0.05) is 97.6 Å². The molecule has 0 radical (unpaired) electrons. The predicted molar refractivity (Wildman–Crippen MR) is 201 cm³/mol. The van der Waals surface area contributed by atoms with E-state index < -0.39 is 0 Å². The smallest absolute Gasteiger partial charge is 0.0634 e. The number of fused-ring (bicyclic) bond motifs is 3. The minimum Gasteiger partial charge on any atom is -0.405 e. The van der Waals surface area contributed by atoms with E-state index in [0.29, 0.717) is 6.54 Å². The number of hydrogen-bond acceptors (Lipinski definition) is 5. The van der Waals surface area contributed by atoms with E-state index in [2.05, 4.69) is 101 Å². The fraction of sp³-hybridized carbons (Fsp3) is 0.100. The largest absolute Gasteiger partial charge is 0.405 e. The monoisotopic (exact) mass is 608 g/mol. The van der Waals surface area contributed by atoms with Crippen LogP contribution in [0.15, 0.2) is 153 Å². The minimum atomic E-state index is 0.703. The maximum atomic E-state index is 6.52. The van der Waals surface area contributed by atoms with Gasteiger partial charge in [-0.25, -0.2) is 0 Å². The quantitative estimate of drug-likeness (QED) is 0.0717. The van der Waals surface area contributed by atoms with Crippen molar-refractivity contribution >= 4 is 45.0 Å². The highest BCUT2D eigenvalue weighted by Crippen LogP contribution is 2.38. The zero-order valence-electron chi connectivity index (χ0n) is 26.2. The van der Waals surface area contributed by atoms with Crippen LogP contribution in [0.5, 0.6) is 0 Å². The van der Waals surface area contributed by atoms with Crippen molar-refractivity contribution in [1.82, 2.24) is 4.57 Å². The molecule has 0 amide bonds. The molecule has 6 nitrogen and oxygen atoms in total. The number of para-hydroxylation sites is 2. The molecule has 0 spiro atoms. The number of anilines is 2. The second kappa shape index (κ2) is 17.5. The Hall–Kier alpha value is -5.72. The number of nitrogens with one attached hydrogen (secondary N) is 1. The fourth-order valence-electron chi connectivity index (χ4n) is 5.20. The molecule has 0 bridgehead atoms. The van der Waals surface area contributed by atoms with Crippen molar-refractivity contribution in [2.75, 3.05) is 11.9 Å². The van der Waals surface area contributed by atoms with E-state index in [1.54, 1.807) is 6.08 Å². The first-order chi connectivity index (χ1) is 22.6. The topological polar surface area (TPSA) is 121 Å². The fourth-order valence-corrected chi connectivity index (χ4v) is 5.20. The normalized spacial score (nSPS) is 12.1. The lowest BCUT2D eigenvalue weighted by Crippen LogP contribution is -2.01. The summed E-state index contributed by atoms with van der Waals surface area (Å²) in [6.45, 7) is 4.90. The zero-order valence-corrected chi connectivity index (χ0v) is 26.2. The van der Waals surface area contributed by atoms with Crippen LogP contribution >= 0.6 is 0 Å². The molecule has 9 N–H and O–H groups in total. The summed E-state index contributed by atoms with van der Waals surface area (Å²) in [6.07, 6.45) is 21.2. The Morgan fingerprint density at radius 1 is 0.739 bits per heavy atom. The lowest BCUT2D eigenvalue weighted by atomic mass is 10.1. The maximum absolute atomic E-state index is 6.52. The van der Waals surface area contributed by atoms with Crippen molar-refractivity contribution in [3.8, 4) is 5.69 Å². The van der Waals surface area contributed by atoms with Crippen LogP contribution < -0.4 is 28.3 Å². The van der Waals surface area contributed by atoms with Gasteiger partial charge in [0.1, 0.15) is 0 Å². The summed E-state index contributed by atoms with van der Waals surface area (Å²) >= 11 is 0. The maximum Gasteiger partial charge on any atom is 0.0634 e. The molecule has 1 aromatic heterocycles.